The van der Waals surface area contributed by atoms with Crippen molar-refractivity contribution in [2.75, 3.05) is 0 Å². The predicted octanol–water partition coefficient (Wildman–Crippen LogP) is 6.27. The lowest BCUT2D eigenvalue weighted by molar-refractivity contribution is 0.252. The summed E-state index contributed by atoms with van der Waals surface area (Å²) in [4.78, 5) is 0. The molecule has 1 fully saturated rings. The molecule has 140 valence electrons. The third kappa shape index (κ3) is 4.46. The number of halogens is 2. The first kappa shape index (κ1) is 18.9. The maximum Gasteiger partial charge on any atom is 0.168 e. The molecule has 26 heavy (non-hydrogen) atoms. The van der Waals surface area contributed by atoms with Crippen molar-refractivity contribution in [3.05, 3.63) is 47.2 Å². The molecule has 0 saturated heterocycles. The van der Waals surface area contributed by atoms with Crippen molar-refractivity contribution in [1.29, 1.82) is 0 Å². The van der Waals surface area contributed by atoms with Gasteiger partial charge in [0.15, 0.2) is 11.6 Å². The molecule has 0 amide bonds. The average Bonchev–Trinajstić information content (AvgIpc) is 2.67. The first-order valence-corrected chi connectivity index (χ1v) is 9.86. The fourth-order valence-corrected chi connectivity index (χ4v) is 4.05. The minimum atomic E-state index is -0.851. The number of benzene rings is 1. The zero-order valence-electron chi connectivity index (χ0n) is 15.8. The summed E-state index contributed by atoms with van der Waals surface area (Å²) in [6.07, 6.45) is 10.1. The molecular formula is C22H28F2N2. The average molecular weight is 358 g/mol. The molecule has 1 heterocycles. The van der Waals surface area contributed by atoms with E-state index in [1.807, 2.05) is 6.07 Å². The molecule has 2 nitrogen and oxygen atoms in total. The highest BCUT2D eigenvalue weighted by Gasteiger charge is 2.20. The van der Waals surface area contributed by atoms with Gasteiger partial charge in [-0.3, -0.25) is 0 Å². The third-order valence-corrected chi connectivity index (χ3v) is 5.74. The first-order valence-electron chi connectivity index (χ1n) is 9.86. The minimum Gasteiger partial charge on any atom is -0.203 e. The van der Waals surface area contributed by atoms with Crippen LogP contribution in [0.5, 0.6) is 0 Å². The lowest BCUT2D eigenvalue weighted by Gasteiger charge is -2.28. The molecular weight excluding hydrogens is 330 g/mol. The van der Waals surface area contributed by atoms with Gasteiger partial charge < -0.3 is 0 Å². The summed E-state index contributed by atoms with van der Waals surface area (Å²) in [5, 5.41) is 8.36. The highest BCUT2D eigenvalue weighted by Crippen LogP contribution is 2.33. The SMILES string of the molecule is CCCC1CCC(CCc2ccc(-c3ccc(C)c(F)c3F)nn2)CC1. The van der Waals surface area contributed by atoms with Gasteiger partial charge in [-0.05, 0) is 55.4 Å². The summed E-state index contributed by atoms with van der Waals surface area (Å²) in [7, 11) is 0. The first-order chi connectivity index (χ1) is 12.6. The second-order valence-corrected chi connectivity index (χ2v) is 7.68. The van der Waals surface area contributed by atoms with E-state index in [9.17, 15) is 8.78 Å². The van der Waals surface area contributed by atoms with Crippen molar-refractivity contribution < 1.29 is 8.78 Å². The summed E-state index contributed by atoms with van der Waals surface area (Å²) in [6.45, 7) is 3.82. The second kappa shape index (κ2) is 8.70. The van der Waals surface area contributed by atoms with Crippen LogP contribution in [0.15, 0.2) is 24.3 Å². The van der Waals surface area contributed by atoms with Crippen LogP contribution in [0.2, 0.25) is 0 Å². The van der Waals surface area contributed by atoms with Crippen molar-refractivity contribution in [1.82, 2.24) is 10.2 Å². The summed E-state index contributed by atoms with van der Waals surface area (Å²) < 4.78 is 27.8. The number of aromatic nitrogens is 2. The Morgan fingerprint density at radius 1 is 0.885 bits per heavy atom. The van der Waals surface area contributed by atoms with Gasteiger partial charge in [-0.15, -0.1) is 0 Å². The van der Waals surface area contributed by atoms with Crippen LogP contribution in [0.3, 0.4) is 0 Å². The maximum absolute atomic E-state index is 14.1. The maximum atomic E-state index is 14.1. The Morgan fingerprint density at radius 2 is 1.58 bits per heavy atom. The topological polar surface area (TPSA) is 25.8 Å². The Bertz CT molecular complexity index is 720. The van der Waals surface area contributed by atoms with E-state index in [0.29, 0.717) is 11.3 Å². The number of nitrogens with zero attached hydrogens (tertiary/aromatic N) is 2. The van der Waals surface area contributed by atoms with Crippen molar-refractivity contribution in [2.45, 2.75) is 65.2 Å². The lowest BCUT2D eigenvalue weighted by Crippen LogP contribution is -2.15. The standard InChI is InChI=1S/C22H28F2N2/c1-3-4-16-6-8-17(9-7-16)10-11-18-12-14-20(26-25-18)19-13-5-15(2)21(23)22(19)24/h5,12-14,16-17H,3-4,6-11H2,1-2H3. The van der Waals surface area contributed by atoms with Crippen LogP contribution in [0.4, 0.5) is 8.78 Å². The van der Waals surface area contributed by atoms with Crippen LogP contribution < -0.4 is 0 Å². The van der Waals surface area contributed by atoms with Gasteiger partial charge in [0, 0.05) is 5.56 Å². The fourth-order valence-electron chi connectivity index (χ4n) is 4.05. The molecule has 0 bridgehead atoms. The Hall–Kier alpha value is -1.84. The van der Waals surface area contributed by atoms with Gasteiger partial charge >= 0.3 is 0 Å². The Balaban J connectivity index is 1.56. The summed E-state index contributed by atoms with van der Waals surface area (Å²) in [6, 6.07) is 6.76. The van der Waals surface area contributed by atoms with E-state index in [4.69, 9.17) is 0 Å². The molecule has 2 aromatic rings. The van der Waals surface area contributed by atoms with E-state index < -0.39 is 11.6 Å². The van der Waals surface area contributed by atoms with Gasteiger partial charge in [-0.2, -0.15) is 10.2 Å². The molecule has 0 N–H and O–H groups in total. The highest BCUT2D eigenvalue weighted by molar-refractivity contribution is 5.60. The summed E-state index contributed by atoms with van der Waals surface area (Å²) in [5.41, 5.74) is 1.77. The molecule has 1 aliphatic carbocycles. The van der Waals surface area contributed by atoms with Crippen molar-refractivity contribution in [2.24, 2.45) is 11.8 Å². The fraction of sp³-hybridized carbons (Fsp3) is 0.545. The normalized spacial score (nSPS) is 20.3. The number of rotatable bonds is 6. The highest BCUT2D eigenvalue weighted by atomic mass is 19.2. The molecule has 0 unspecified atom stereocenters. The second-order valence-electron chi connectivity index (χ2n) is 7.68. The van der Waals surface area contributed by atoms with Crippen LogP contribution >= 0.6 is 0 Å². The van der Waals surface area contributed by atoms with Crippen LogP contribution in [0.25, 0.3) is 11.3 Å². The summed E-state index contributed by atoms with van der Waals surface area (Å²) in [5.74, 6) is 0.0521. The zero-order valence-corrected chi connectivity index (χ0v) is 15.8. The predicted molar refractivity (Wildman–Crippen MR) is 101 cm³/mol. The van der Waals surface area contributed by atoms with Crippen molar-refractivity contribution in [3.8, 4) is 11.3 Å². The third-order valence-electron chi connectivity index (χ3n) is 5.74. The Labute approximate surface area is 155 Å². The van der Waals surface area contributed by atoms with Gasteiger partial charge in [0.2, 0.25) is 0 Å². The molecule has 4 heteroatoms. The molecule has 1 aromatic carbocycles. The molecule has 0 aliphatic heterocycles. The molecule has 1 aromatic heterocycles. The molecule has 0 atom stereocenters. The van der Waals surface area contributed by atoms with Crippen LogP contribution in [0.1, 0.15) is 63.1 Å². The van der Waals surface area contributed by atoms with Crippen LogP contribution in [-0.2, 0) is 6.42 Å². The van der Waals surface area contributed by atoms with E-state index >= 15 is 0 Å². The summed E-state index contributed by atoms with van der Waals surface area (Å²) >= 11 is 0. The number of hydrogen-bond donors (Lipinski definition) is 0. The Morgan fingerprint density at radius 3 is 2.19 bits per heavy atom. The van der Waals surface area contributed by atoms with Crippen molar-refractivity contribution in [3.63, 3.8) is 0 Å². The molecule has 1 saturated carbocycles. The van der Waals surface area contributed by atoms with Gasteiger partial charge in [-0.1, -0.05) is 51.5 Å². The van der Waals surface area contributed by atoms with E-state index in [-0.39, 0.29) is 5.56 Å². The van der Waals surface area contributed by atoms with Crippen LogP contribution in [0, 0.1) is 30.4 Å². The van der Waals surface area contributed by atoms with E-state index in [2.05, 4.69) is 17.1 Å². The van der Waals surface area contributed by atoms with E-state index in [1.165, 1.54) is 38.5 Å². The monoisotopic (exact) mass is 358 g/mol. The smallest absolute Gasteiger partial charge is 0.168 e. The van der Waals surface area contributed by atoms with E-state index in [1.54, 1.807) is 25.1 Å². The van der Waals surface area contributed by atoms with E-state index in [0.717, 1.165) is 30.4 Å². The number of hydrogen-bond acceptors (Lipinski definition) is 2. The van der Waals surface area contributed by atoms with Gasteiger partial charge in [0.05, 0.1) is 11.4 Å². The van der Waals surface area contributed by atoms with Crippen molar-refractivity contribution >= 4 is 0 Å². The molecule has 3 rings (SSSR count). The Kier molecular flexibility index (Phi) is 6.33. The lowest BCUT2D eigenvalue weighted by atomic mass is 9.78. The largest absolute Gasteiger partial charge is 0.203 e. The number of aryl methyl sites for hydroxylation is 2. The van der Waals surface area contributed by atoms with Gasteiger partial charge in [-0.25, -0.2) is 8.78 Å². The van der Waals surface area contributed by atoms with Gasteiger partial charge in [0.25, 0.3) is 0 Å². The molecule has 0 radical (unpaired) electrons. The van der Waals surface area contributed by atoms with Crippen LogP contribution in [-0.4, -0.2) is 10.2 Å². The molecule has 0 spiro atoms. The van der Waals surface area contributed by atoms with Gasteiger partial charge in [0.1, 0.15) is 0 Å². The quantitative estimate of drug-likeness (QED) is 0.608. The zero-order chi connectivity index (χ0) is 18.5. The minimum absolute atomic E-state index is 0.168. The molecule has 1 aliphatic rings.